The van der Waals surface area contributed by atoms with E-state index in [-0.39, 0.29) is 16.8 Å². The summed E-state index contributed by atoms with van der Waals surface area (Å²) in [6.45, 7) is 8.39. The molecule has 144 valence electrons. The Kier molecular flexibility index (Phi) is 6.09. The first-order valence-corrected chi connectivity index (χ1v) is 8.70. The summed E-state index contributed by atoms with van der Waals surface area (Å²) in [5.74, 6) is 0.310. The van der Waals surface area contributed by atoms with E-state index in [0.29, 0.717) is 11.6 Å². The van der Waals surface area contributed by atoms with Crippen molar-refractivity contribution in [1.29, 1.82) is 0 Å². The quantitative estimate of drug-likeness (QED) is 0.318. The maximum Gasteiger partial charge on any atom is 0.301 e. The number of hydrazone groups is 1. The Labute approximate surface area is 158 Å². The van der Waals surface area contributed by atoms with Crippen molar-refractivity contribution >= 4 is 22.8 Å². The van der Waals surface area contributed by atoms with Crippen LogP contribution in [0.3, 0.4) is 0 Å². The molecule has 0 unspecified atom stereocenters. The van der Waals surface area contributed by atoms with E-state index in [2.05, 4.69) is 43.5 Å². The highest BCUT2D eigenvalue weighted by molar-refractivity contribution is 5.93. The van der Waals surface area contributed by atoms with Gasteiger partial charge in [0.25, 0.3) is 5.69 Å². The van der Waals surface area contributed by atoms with E-state index in [4.69, 9.17) is 0 Å². The molecular formula is C19H24N4O4. The molecule has 0 spiro atoms. The molecule has 0 aromatic heterocycles. The second-order valence-corrected chi connectivity index (χ2v) is 7.39. The summed E-state index contributed by atoms with van der Waals surface area (Å²) >= 11 is 0. The highest BCUT2D eigenvalue weighted by Gasteiger charge is 2.30. The van der Waals surface area contributed by atoms with Gasteiger partial charge in [0.05, 0.1) is 21.6 Å². The van der Waals surface area contributed by atoms with E-state index in [0.717, 1.165) is 18.9 Å². The summed E-state index contributed by atoms with van der Waals surface area (Å²) in [4.78, 5) is 20.6. The van der Waals surface area contributed by atoms with Gasteiger partial charge in [-0.2, -0.15) is 5.10 Å². The van der Waals surface area contributed by atoms with Crippen molar-refractivity contribution in [3.8, 4) is 0 Å². The largest absolute Gasteiger partial charge is 0.301 e. The van der Waals surface area contributed by atoms with Gasteiger partial charge < -0.3 is 0 Å². The van der Waals surface area contributed by atoms with E-state index >= 15 is 0 Å². The average Bonchev–Trinajstić information content (AvgIpc) is 2.58. The van der Waals surface area contributed by atoms with Gasteiger partial charge in [-0.1, -0.05) is 31.6 Å². The number of nitrogens with zero attached hydrogens (tertiary/aromatic N) is 3. The third-order valence-corrected chi connectivity index (χ3v) is 4.86. The molecule has 1 N–H and O–H groups in total. The van der Waals surface area contributed by atoms with Crippen LogP contribution >= 0.6 is 0 Å². The van der Waals surface area contributed by atoms with Gasteiger partial charge in [0.15, 0.2) is 0 Å². The van der Waals surface area contributed by atoms with E-state index in [1.54, 1.807) is 6.92 Å². The highest BCUT2D eigenvalue weighted by Crippen LogP contribution is 2.41. The number of allylic oxidation sites excluding steroid dienone is 4. The number of benzene rings is 1. The van der Waals surface area contributed by atoms with Crippen molar-refractivity contribution in [2.75, 3.05) is 5.43 Å². The molecule has 0 saturated carbocycles. The van der Waals surface area contributed by atoms with Crippen LogP contribution in [-0.4, -0.2) is 15.6 Å². The van der Waals surface area contributed by atoms with Crippen molar-refractivity contribution in [3.63, 3.8) is 0 Å². The van der Waals surface area contributed by atoms with Crippen molar-refractivity contribution in [1.82, 2.24) is 0 Å². The molecule has 27 heavy (non-hydrogen) atoms. The first-order valence-electron chi connectivity index (χ1n) is 8.70. The van der Waals surface area contributed by atoms with Crippen LogP contribution in [0.5, 0.6) is 0 Å². The monoisotopic (exact) mass is 372 g/mol. The fourth-order valence-electron chi connectivity index (χ4n) is 3.28. The first-order chi connectivity index (χ1) is 12.6. The molecule has 0 fully saturated rings. The molecule has 0 saturated heterocycles. The molecule has 1 aliphatic carbocycles. The topological polar surface area (TPSA) is 111 Å². The molecule has 8 heteroatoms. The molecule has 1 aromatic carbocycles. The molecule has 1 atom stereocenters. The van der Waals surface area contributed by atoms with E-state index in [1.165, 1.54) is 17.7 Å². The number of anilines is 1. The summed E-state index contributed by atoms with van der Waals surface area (Å²) in [5, 5.41) is 26.1. The molecule has 2 rings (SSSR count). The lowest BCUT2D eigenvalue weighted by atomic mass is 9.68. The minimum Gasteiger partial charge on any atom is -0.271 e. The molecular weight excluding hydrogens is 348 g/mol. The predicted octanol–water partition coefficient (Wildman–Crippen LogP) is 5.23. The van der Waals surface area contributed by atoms with Crippen LogP contribution < -0.4 is 5.43 Å². The number of nitro groups is 2. The van der Waals surface area contributed by atoms with Gasteiger partial charge in [-0.25, -0.2) is 0 Å². The Bertz CT molecular complexity index is 840. The Hall–Kier alpha value is -3.03. The Morgan fingerprint density at radius 3 is 2.59 bits per heavy atom. The zero-order valence-electron chi connectivity index (χ0n) is 15.9. The van der Waals surface area contributed by atoms with Gasteiger partial charge >= 0.3 is 5.69 Å². The number of rotatable bonds is 6. The second-order valence-electron chi connectivity index (χ2n) is 7.39. The van der Waals surface area contributed by atoms with Gasteiger partial charge in [-0.3, -0.25) is 25.7 Å². The van der Waals surface area contributed by atoms with Crippen LogP contribution in [0.4, 0.5) is 17.1 Å². The average molecular weight is 372 g/mol. The number of hydrogen-bond acceptors (Lipinski definition) is 6. The summed E-state index contributed by atoms with van der Waals surface area (Å²) < 4.78 is 0. The molecule has 0 amide bonds. The zero-order chi connectivity index (χ0) is 20.2. The number of nitro benzene ring substituents is 2. The Morgan fingerprint density at radius 2 is 2.00 bits per heavy atom. The van der Waals surface area contributed by atoms with Crippen LogP contribution in [-0.2, 0) is 0 Å². The molecule has 0 aliphatic heterocycles. The van der Waals surface area contributed by atoms with Crippen molar-refractivity contribution in [2.45, 2.75) is 40.5 Å². The summed E-state index contributed by atoms with van der Waals surface area (Å²) in [7, 11) is 0. The standard InChI is InChI=1S/C19H24N4O4/c1-13-6-5-11-19(3,4)16(13)9-7-14(2)20-21-17-10-8-15(22(24)25)12-18(17)23(26)27/h6-10,12,16,21H,5,11H2,1-4H3/b9-7+,20-14+/t16-/m1/s1. The molecule has 1 aliphatic rings. The predicted molar refractivity (Wildman–Crippen MR) is 106 cm³/mol. The van der Waals surface area contributed by atoms with Gasteiger partial charge in [-0.05, 0) is 44.2 Å². The molecule has 0 radical (unpaired) electrons. The number of non-ortho nitro benzene ring substituents is 1. The minimum absolute atomic E-state index is 0.104. The zero-order valence-corrected chi connectivity index (χ0v) is 15.9. The lowest BCUT2D eigenvalue weighted by Gasteiger charge is -2.36. The molecule has 8 nitrogen and oxygen atoms in total. The normalized spacial score (nSPS) is 19.6. The molecule has 0 heterocycles. The van der Waals surface area contributed by atoms with Gasteiger partial charge in [0.2, 0.25) is 0 Å². The highest BCUT2D eigenvalue weighted by atomic mass is 16.6. The second kappa shape index (κ2) is 8.11. The minimum atomic E-state index is -0.672. The number of nitrogens with one attached hydrogen (secondary N) is 1. The maximum atomic E-state index is 11.2. The third kappa shape index (κ3) is 4.99. The third-order valence-electron chi connectivity index (χ3n) is 4.86. The van der Waals surface area contributed by atoms with Crippen molar-refractivity contribution < 1.29 is 9.85 Å². The summed E-state index contributed by atoms with van der Waals surface area (Å²) in [5.41, 5.74) is 4.16. The number of hydrogen-bond donors (Lipinski definition) is 1. The van der Waals surface area contributed by atoms with Gasteiger partial charge in [0.1, 0.15) is 5.69 Å². The maximum absolute atomic E-state index is 11.2. The fourth-order valence-corrected chi connectivity index (χ4v) is 3.28. The van der Waals surface area contributed by atoms with E-state index < -0.39 is 15.5 Å². The lowest BCUT2D eigenvalue weighted by Crippen LogP contribution is -2.26. The fraction of sp³-hybridized carbons (Fsp3) is 0.421. The van der Waals surface area contributed by atoms with Crippen molar-refractivity contribution in [2.24, 2.45) is 16.4 Å². The van der Waals surface area contributed by atoms with Gasteiger partial charge in [0, 0.05) is 12.0 Å². The van der Waals surface area contributed by atoms with E-state index in [1.807, 2.05) is 6.08 Å². The van der Waals surface area contributed by atoms with Crippen LogP contribution in [0.15, 0.2) is 47.1 Å². The smallest absolute Gasteiger partial charge is 0.271 e. The molecule has 0 bridgehead atoms. The van der Waals surface area contributed by atoms with E-state index in [9.17, 15) is 20.2 Å². The summed E-state index contributed by atoms with van der Waals surface area (Å²) in [6.07, 6.45) is 8.45. The Morgan fingerprint density at radius 1 is 1.30 bits per heavy atom. The van der Waals surface area contributed by atoms with Crippen molar-refractivity contribution in [3.05, 3.63) is 62.2 Å². The van der Waals surface area contributed by atoms with Gasteiger partial charge in [-0.15, -0.1) is 0 Å². The van der Waals surface area contributed by atoms with Crippen LogP contribution in [0.1, 0.15) is 40.5 Å². The SMILES string of the molecule is CC1=CCCC(C)(C)[C@@H]1/C=C/C(C)=N/Nc1ccc([N+](=O)[O-])cc1[N+](=O)[O-]. The first kappa shape index (κ1) is 20.3. The molecule has 1 aromatic rings. The lowest BCUT2D eigenvalue weighted by molar-refractivity contribution is -0.393. The van der Waals surface area contributed by atoms with Crippen LogP contribution in [0.25, 0.3) is 0 Å². The summed E-state index contributed by atoms with van der Waals surface area (Å²) in [6, 6.07) is 3.41. The van der Waals surface area contributed by atoms with Crippen LogP contribution in [0, 0.1) is 31.6 Å². The Balaban J connectivity index is 2.18. The van der Waals surface area contributed by atoms with Crippen LogP contribution in [0.2, 0.25) is 0 Å².